The lowest BCUT2D eigenvalue weighted by atomic mass is 10.1. The predicted molar refractivity (Wildman–Crippen MR) is 116 cm³/mol. The molecule has 29 heavy (non-hydrogen) atoms. The lowest BCUT2D eigenvalue weighted by Gasteiger charge is -2.30. The molecule has 0 bridgehead atoms. The van der Waals surface area contributed by atoms with Crippen molar-refractivity contribution in [1.82, 2.24) is 10.2 Å². The number of benzene rings is 2. The summed E-state index contributed by atoms with van der Waals surface area (Å²) in [5, 5.41) is 3.49. The number of nitrogens with zero attached hydrogens (tertiary/aromatic N) is 1. The first-order chi connectivity index (χ1) is 14.0. The maximum atomic E-state index is 13.2. The van der Waals surface area contributed by atoms with Gasteiger partial charge in [-0.15, -0.1) is 0 Å². The molecule has 0 spiro atoms. The second kappa shape index (κ2) is 11.5. The summed E-state index contributed by atoms with van der Waals surface area (Å²) in [6, 6.07) is 14.5. The molecule has 0 aromatic heterocycles. The maximum absolute atomic E-state index is 13.2. The number of hydrogen-bond acceptors (Lipinski definition) is 3. The van der Waals surface area contributed by atoms with E-state index in [2.05, 4.69) is 5.32 Å². The van der Waals surface area contributed by atoms with Crippen molar-refractivity contribution in [2.24, 2.45) is 0 Å². The van der Waals surface area contributed by atoms with E-state index in [9.17, 15) is 9.59 Å². The third kappa shape index (κ3) is 6.50. The molecule has 0 unspecified atom stereocenters. The highest BCUT2D eigenvalue weighted by Gasteiger charge is 2.28. The minimum atomic E-state index is -0.528. The van der Waals surface area contributed by atoms with Crippen LogP contribution in [0, 0.1) is 0 Å². The van der Waals surface area contributed by atoms with E-state index in [0.29, 0.717) is 31.0 Å². The molecule has 0 radical (unpaired) electrons. The summed E-state index contributed by atoms with van der Waals surface area (Å²) in [7, 11) is 1.61. The maximum Gasteiger partial charge on any atom is 0.242 e. The Bertz CT molecular complexity index is 825. The summed E-state index contributed by atoms with van der Waals surface area (Å²) in [6.45, 7) is 4.65. The van der Waals surface area contributed by atoms with Gasteiger partial charge < -0.3 is 15.0 Å². The number of nitrogens with one attached hydrogen (secondary N) is 1. The van der Waals surface area contributed by atoms with Crippen LogP contribution in [0.25, 0.3) is 0 Å². The zero-order valence-corrected chi connectivity index (χ0v) is 18.0. The van der Waals surface area contributed by atoms with Crippen LogP contribution in [0.3, 0.4) is 0 Å². The summed E-state index contributed by atoms with van der Waals surface area (Å²) in [5.74, 6) is 0.506. The fourth-order valence-electron chi connectivity index (χ4n) is 3.27. The van der Waals surface area contributed by atoms with Gasteiger partial charge in [0.15, 0.2) is 0 Å². The van der Waals surface area contributed by atoms with Crippen LogP contribution in [0.15, 0.2) is 48.5 Å². The summed E-state index contributed by atoms with van der Waals surface area (Å²) in [4.78, 5) is 27.4. The van der Waals surface area contributed by atoms with Crippen molar-refractivity contribution in [3.05, 3.63) is 64.7 Å². The number of likely N-dealkylation sites (N-methyl/N-ethyl adjacent to an activating group) is 1. The summed E-state index contributed by atoms with van der Waals surface area (Å²) < 4.78 is 5.29. The normalized spacial score (nSPS) is 11.6. The smallest absolute Gasteiger partial charge is 0.242 e. The first-order valence-electron chi connectivity index (χ1n) is 9.93. The molecule has 2 aromatic rings. The molecule has 2 amide bonds. The molecule has 2 aromatic carbocycles. The monoisotopic (exact) mass is 416 g/mol. The largest absolute Gasteiger partial charge is 0.497 e. The molecule has 0 saturated heterocycles. The van der Waals surface area contributed by atoms with Crippen LogP contribution in [0.5, 0.6) is 5.75 Å². The van der Waals surface area contributed by atoms with Gasteiger partial charge in [-0.2, -0.15) is 0 Å². The summed E-state index contributed by atoms with van der Waals surface area (Å²) in [5.41, 5.74) is 1.84. The van der Waals surface area contributed by atoms with E-state index >= 15 is 0 Å². The molecular weight excluding hydrogens is 388 g/mol. The third-order valence-electron chi connectivity index (χ3n) is 4.79. The van der Waals surface area contributed by atoms with Gasteiger partial charge in [0.25, 0.3) is 0 Å². The van der Waals surface area contributed by atoms with E-state index in [0.717, 1.165) is 16.9 Å². The SMILES string of the molecule is CCNC(=O)[C@H](CC)N(Cc1cccc(OC)c1)C(=O)CCc1ccccc1Cl. The molecule has 0 heterocycles. The molecule has 1 atom stereocenters. The van der Waals surface area contributed by atoms with E-state index in [1.807, 2.05) is 62.4 Å². The van der Waals surface area contributed by atoms with Gasteiger partial charge >= 0.3 is 0 Å². The van der Waals surface area contributed by atoms with Gasteiger partial charge in [-0.1, -0.05) is 48.9 Å². The van der Waals surface area contributed by atoms with E-state index in [-0.39, 0.29) is 18.2 Å². The minimum Gasteiger partial charge on any atom is -0.497 e. The van der Waals surface area contributed by atoms with E-state index < -0.39 is 6.04 Å². The molecule has 0 fully saturated rings. The first kappa shape index (κ1) is 22.8. The van der Waals surface area contributed by atoms with Crippen molar-refractivity contribution < 1.29 is 14.3 Å². The average molecular weight is 417 g/mol. The Hall–Kier alpha value is -2.53. The third-order valence-corrected chi connectivity index (χ3v) is 5.16. The fourth-order valence-corrected chi connectivity index (χ4v) is 3.50. The topological polar surface area (TPSA) is 58.6 Å². The van der Waals surface area contributed by atoms with Crippen LogP contribution in [0.4, 0.5) is 0 Å². The van der Waals surface area contributed by atoms with Gasteiger partial charge in [0.05, 0.1) is 7.11 Å². The number of halogens is 1. The van der Waals surface area contributed by atoms with Gasteiger partial charge in [-0.25, -0.2) is 0 Å². The number of carbonyl (C=O) groups excluding carboxylic acids is 2. The summed E-state index contributed by atoms with van der Waals surface area (Å²) in [6.07, 6.45) is 1.34. The number of aryl methyl sites for hydroxylation is 1. The number of ether oxygens (including phenoxy) is 1. The van der Waals surface area contributed by atoms with E-state index in [1.165, 1.54) is 0 Å². The van der Waals surface area contributed by atoms with Gasteiger partial charge in [0.2, 0.25) is 11.8 Å². The van der Waals surface area contributed by atoms with Crippen LogP contribution in [0.1, 0.15) is 37.8 Å². The van der Waals surface area contributed by atoms with Crippen LogP contribution in [0.2, 0.25) is 5.02 Å². The number of methoxy groups -OCH3 is 1. The number of hydrogen-bond donors (Lipinski definition) is 1. The van der Waals surface area contributed by atoms with Crippen molar-refractivity contribution in [3.8, 4) is 5.75 Å². The average Bonchev–Trinajstić information content (AvgIpc) is 2.73. The van der Waals surface area contributed by atoms with Crippen LogP contribution in [-0.4, -0.2) is 36.4 Å². The van der Waals surface area contributed by atoms with Gasteiger partial charge in [-0.05, 0) is 49.1 Å². The Morgan fingerprint density at radius 1 is 1.14 bits per heavy atom. The highest BCUT2D eigenvalue weighted by Crippen LogP contribution is 2.20. The fraction of sp³-hybridized carbons (Fsp3) is 0.391. The number of carbonyl (C=O) groups is 2. The second-order valence-electron chi connectivity index (χ2n) is 6.78. The Morgan fingerprint density at radius 3 is 2.55 bits per heavy atom. The van der Waals surface area contributed by atoms with Crippen LogP contribution >= 0.6 is 11.6 Å². The molecular formula is C23H29ClN2O3. The van der Waals surface area contributed by atoms with Crippen molar-refractivity contribution in [3.63, 3.8) is 0 Å². The molecule has 0 saturated carbocycles. The van der Waals surface area contributed by atoms with Crippen LogP contribution in [-0.2, 0) is 22.6 Å². The van der Waals surface area contributed by atoms with Gasteiger partial charge in [0, 0.05) is 24.5 Å². The Morgan fingerprint density at radius 2 is 1.90 bits per heavy atom. The van der Waals surface area contributed by atoms with E-state index in [1.54, 1.807) is 12.0 Å². The Labute approximate surface area is 178 Å². The Balaban J connectivity index is 2.23. The molecule has 6 heteroatoms. The van der Waals surface area contributed by atoms with Gasteiger partial charge in [-0.3, -0.25) is 9.59 Å². The zero-order chi connectivity index (χ0) is 21.2. The highest BCUT2D eigenvalue weighted by atomic mass is 35.5. The van der Waals surface area contributed by atoms with E-state index in [4.69, 9.17) is 16.3 Å². The minimum absolute atomic E-state index is 0.0779. The molecule has 5 nitrogen and oxygen atoms in total. The molecule has 1 N–H and O–H groups in total. The molecule has 0 aliphatic heterocycles. The lowest BCUT2D eigenvalue weighted by molar-refractivity contribution is -0.141. The predicted octanol–water partition coefficient (Wildman–Crippen LogP) is 4.22. The zero-order valence-electron chi connectivity index (χ0n) is 17.3. The van der Waals surface area contributed by atoms with Gasteiger partial charge in [0.1, 0.15) is 11.8 Å². The first-order valence-corrected chi connectivity index (χ1v) is 10.3. The quantitative estimate of drug-likeness (QED) is 0.630. The van der Waals surface area contributed by atoms with Crippen molar-refractivity contribution in [2.75, 3.05) is 13.7 Å². The lowest BCUT2D eigenvalue weighted by Crippen LogP contribution is -2.49. The molecule has 0 aliphatic rings. The standard InChI is InChI=1S/C23H29ClN2O3/c1-4-21(23(28)25-5-2)26(16-17-9-8-11-19(15-17)29-3)22(27)14-13-18-10-6-7-12-20(18)24/h6-12,15,21H,4-5,13-14,16H2,1-3H3,(H,25,28)/t21-/m0/s1. The summed E-state index contributed by atoms with van der Waals surface area (Å²) >= 11 is 6.23. The molecule has 0 aliphatic carbocycles. The highest BCUT2D eigenvalue weighted by molar-refractivity contribution is 6.31. The number of amides is 2. The van der Waals surface area contributed by atoms with Crippen molar-refractivity contribution >= 4 is 23.4 Å². The number of rotatable bonds is 10. The Kier molecular flexibility index (Phi) is 9.00. The van der Waals surface area contributed by atoms with Crippen LogP contribution < -0.4 is 10.1 Å². The second-order valence-corrected chi connectivity index (χ2v) is 7.19. The molecule has 2 rings (SSSR count). The van der Waals surface area contributed by atoms with Crippen molar-refractivity contribution in [1.29, 1.82) is 0 Å². The molecule has 156 valence electrons. The van der Waals surface area contributed by atoms with Crippen molar-refractivity contribution in [2.45, 2.75) is 45.7 Å².